The van der Waals surface area contributed by atoms with E-state index in [1.54, 1.807) is 18.5 Å². The van der Waals surface area contributed by atoms with Crippen molar-refractivity contribution in [2.45, 2.75) is 12.8 Å². The van der Waals surface area contributed by atoms with Gasteiger partial charge in [-0.2, -0.15) is 17.0 Å². The number of nitrogens with zero attached hydrogens (tertiary/aromatic N) is 2. The highest BCUT2D eigenvalue weighted by molar-refractivity contribution is 7.99. The number of thioether (sulfide) groups is 1. The molecule has 4 heteroatoms. The van der Waals surface area contributed by atoms with E-state index in [2.05, 4.69) is 16.4 Å². The third-order valence-electron chi connectivity index (χ3n) is 2.86. The molecule has 0 aliphatic carbocycles. The van der Waals surface area contributed by atoms with Crippen LogP contribution < -0.4 is 5.32 Å². The predicted molar refractivity (Wildman–Crippen MR) is 67.5 cm³/mol. The van der Waals surface area contributed by atoms with Crippen LogP contribution in [0.1, 0.15) is 18.4 Å². The van der Waals surface area contributed by atoms with Crippen LogP contribution in [0.25, 0.3) is 0 Å². The van der Waals surface area contributed by atoms with E-state index < -0.39 is 0 Å². The molecule has 0 unspecified atom stereocenters. The lowest BCUT2D eigenvalue weighted by Crippen LogP contribution is -2.19. The fraction of sp³-hybridized carbons (Fsp3) is 0.500. The summed E-state index contributed by atoms with van der Waals surface area (Å²) in [5, 5.41) is 12.3. The van der Waals surface area contributed by atoms with Gasteiger partial charge in [0.05, 0.1) is 17.4 Å². The Morgan fingerprint density at radius 3 is 3.06 bits per heavy atom. The quantitative estimate of drug-likeness (QED) is 0.871. The van der Waals surface area contributed by atoms with Crippen LogP contribution in [0.3, 0.4) is 0 Å². The minimum Gasteiger partial charge on any atom is -0.382 e. The maximum Gasteiger partial charge on any atom is 0.101 e. The van der Waals surface area contributed by atoms with Gasteiger partial charge in [0, 0.05) is 12.7 Å². The van der Waals surface area contributed by atoms with Gasteiger partial charge in [-0.1, -0.05) is 0 Å². The van der Waals surface area contributed by atoms with Crippen molar-refractivity contribution in [3.63, 3.8) is 0 Å². The van der Waals surface area contributed by atoms with Gasteiger partial charge < -0.3 is 5.32 Å². The number of nitriles is 1. The summed E-state index contributed by atoms with van der Waals surface area (Å²) in [4.78, 5) is 4.04. The summed E-state index contributed by atoms with van der Waals surface area (Å²) in [6.07, 6.45) is 5.94. The molecule has 0 amide bonds. The maximum absolute atomic E-state index is 8.93. The normalized spacial score (nSPS) is 16.7. The zero-order valence-electron chi connectivity index (χ0n) is 9.15. The summed E-state index contributed by atoms with van der Waals surface area (Å²) in [5.41, 5.74) is 1.54. The molecule has 1 aromatic heterocycles. The van der Waals surface area contributed by atoms with Crippen LogP contribution in [0, 0.1) is 17.2 Å². The minimum absolute atomic E-state index is 0.681. The van der Waals surface area contributed by atoms with Crippen molar-refractivity contribution in [1.29, 1.82) is 5.26 Å². The Hall–Kier alpha value is -1.21. The van der Waals surface area contributed by atoms with Crippen LogP contribution in [0.5, 0.6) is 0 Å². The SMILES string of the molecule is N#Cc1ccncc1NCC1CCSCC1. The van der Waals surface area contributed by atoms with E-state index >= 15 is 0 Å². The molecule has 1 aromatic rings. The van der Waals surface area contributed by atoms with Crippen molar-refractivity contribution >= 4 is 17.4 Å². The van der Waals surface area contributed by atoms with Crippen molar-refractivity contribution in [1.82, 2.24) is 4.98 Å². The smallest absolute Gasteiger partial charge is 0.101 e. The molecule has 1 aliphatic rings. The lowest BCUT2D eigenvalue weighted by molar-refractivity contribution is 0.516. The van der Waals surface area contributed by atoms with E-state index in [0.29, 0.717) is 5.56 Å². The molecule has 1 saturated heterocycles. The van der Waals surface area contributed by atoms with Gasteiger partial charge in [0.25, 0.3) is 0 Å². The molecule has 2 rings (SSSR count). The average molecular weight is 233 g/mol. The molecule has 2 heterocycles. The highest BCUT2D eigenvalue weighted by Gasteiger charge is 2.13. The van der Waals surface area contributed by atoms with E-state index in [1.165, 1.54) is 24.3 Å². The number of hydrogen-bond donors (Lipinski definition) is 1. The van der Waals surface area contributed by atoms with Crippen LogP contribution in [0.15, 0.2) is 18.5 Å². The van der Waals surface area contributed by atoms with Crippen LogP contribution in [-0.2, 0) is 0 Å². The predicted octanol–water partition coefficient (Wildman–Crippen LogP) is 2.51. The Balaban J connectivity index is 1.91. The van der Waals surface area contributed by atoms with Crippen LogP contribution in [0.4, 0.5) is 5.69 Å². The van der Waals surface area contributed by atoms with E-state index in [0.717, 1.165) is 18.2 Å². The minimum atomic E-state index is 0.681. The van der Waals surface area contributed by atoms with Gasteiger partial charge in [0.15, 0.2) is 0 Å². The summed E-state index contributed by atoms with van der Waals surface area (Å²) in [5.74, 6) is 3.28. The Labute approximate surface area is 100 Å². The lowest BCUT2D eigenvalue weighted by Gasteiger charge is -2.22. The highest BCUT2D eigenvalue weighted by atomic mass is 32.2. The second-order valence-electron chi connectivity index (χ2n) is 3.97. The molecule has 0 aromatic carbocycles. The fourth-order valence-corrected chi connectivity index (χ4v) is 3.04. The van der Waals surface area contributed by atoms with E-state index in [9.17, 15) is 0 Å². The third-order valence-corrected chi connectivity index (χ3v) is 3.91. The van der Waals surface area contributed by atoms with E-state index in [1.807, 2.05) is 11.8 Å². The number of hydrogen-bond acceptors (Lipinski definition) is 4. The van der Waals surface area contributed by atoms with E-state index in [4.69, 9.17) is 5.26 Å². The second kappa shape index (κ2) is 5.76. The summed E-state index contributed by atoms with van der Waals surface area (Å²) in [7, 11) is 0. The van der Waals surface area contributed by atoms with Gasteiger partial charge in [0.2, 0.25) is 0 Å². The van der Waals surface area contributed by atoms with Crippen molar-refractivity contribution in [3.05, 3.63) is 24.0 Å². The lowest BCUT2D eigenvalue weighted by atomic mass is 10.0. The molecular weight excluding hydrogens is 218 g/mol. The van der Waals surface area contributed by atoms with Gasteiger partial charge in [-0.3, -0.25) is 4.98 Å². The number of pyridine rings is 1. The molecule has 0 spiro atoms. The van der Waals surface area contributed by atoms with Crippen molar-refractivity contribution in [2.24, 2.45) is 5.92 Å². The Bertz CT molecular complexity index is 380. The van der Waals surface area contributed by atoms with E-state index in [-0.39, 0.29) is 0 Å². The second-order valence-corrected chi connectivity index (χ2v) is 5.19. The largest absolute Gasteiger partial charge is 0.382 e. The molecular formula is C12H15N3S. The van der Waals surface area contributed by atoms with Gasteiger partial charge >= 0.3 is 0 Å². The van der Waals surface area contributed by atoms with Gasteiger partial charge in [-0.25, -0.2) is 0 Å². The Morgan fingerprint density at radius 2 is 2.31 bits per heavy atom. The molecule has 1 N–H and O–H groups in total. The van der Waals surface area contributed by atoms with Crippen molar-refractivity contribution < 1.29 is 0 Å². The first-order valence-electron chi connectivity index (χ1n) is 5.56. The monoisotopic (exact) mass is 233 g/mol. The number of nitrogens with one attached hydrogen (secondary N) is 1. The van der Waals surface area contributed by atoms with Gasteiger partial charge in [-0.15, -0.1) is 0 Å². The summed E-state index contributed by atoms with van der Waals surface area (Å²) in [6.45, 7) is 0.959. The zero-order chi connectivity index (χ0) is 11.2. The van der Waals surface area contributed by atoms with Crippen LogP contribution >= 0.6 is 11.8 Å². The molecule has 0 atom stereocenters. The molecule has 0 saturated carbocycles. The van der Waals surface area contributed by atoms with Crippen molar-refractivity contribution in [2.75, 3.05) is 23.4 Å². The molecule has 1 aliphatic heterocycles. The molecule has 84 valence electrons. The van der Waals surface area contributed by atoms with Gasteiger partial charge in [0.1, 0.15) is 6.07 Å². The highest BCUT2D eigenvalue weighted by Crippen LogP contribution is 2.23. The zero-order valence-corrected chi connectivity index (χ0v) is 9.96. The number of anilines is 1. The first-order valence-corrected chi connectivity index (χ1v) is 6.71. The Morgan fingerprint density at radius 1 is 1.50 bits per heavy atom. The number of rotatable bonds is 3. The van der Waals surface area contributed by atoms with Crippen molar-refractivity contribution in [3.8, 4) is 6.07 Å². The molecule has 3 nitrogen and oxygen atoms in total. The molecule has 1 fully saturated rings. The van der Waals surface area contributed by atoms with Crippen LogP contribution in [0.2, 0.25) is 0 Å². The van der Waals surface area contributed by atoms with Crippen LogP contribution in [-0.4, -0.2) is 23.0 Å². The molecule has 0 radical (unpaired) electrons. The topological polar surface area (TPSA) is 48.7 Å². The summed E-state index contributed by atoms with van der Waals surface area (Å²) < 4.78 is 0. The average Bonchev–Trinajstić information content (AvgIpc) is 2.38. The first-order chi connectivity index (χ1) is 7.90. The standard InChI is InChI=1S/C12H15N3S/c13-7-11-1-4-14-9-12(11)15-8-10-2-5-16-6-3-10/h1,4,9-10,15H,2-3,5-6,8H2. The third kappa shape index (κ3) is 2.89. The molecule has 0 bridgehead atoms. The maximum atomic E-state index is 8.93. The summed E-state index contributed by atoms with van der Waals surface area (Å²) >= 11 is 2.04. The fourth-order valence-electron chi connectivity index (χ4n) is 1.84. The van der Waals surface area contributed by atoms with Gasteiger partial charge in [-0.05, 0) is 36.3 Å². The number of aromatic nitrogens is 1. The summed E-state index contributed by atoms with van der Waals surface area (Å²) in [6, 6.07) is 3.93. The molecule has 16 heavy (non-hydrogen) atoms. The Kier molecular flexibility index (Phi) is 4.06. The first kappa shape index (κ1) is 11.3.